The lowest BCUT2D eigenvalue weighted by atomic mass is 9.81. The van der Waals surface area contributed by atoms with Crippen molar-refractivity contribution in [3.8, 4) is 5.75 Å². The van der Waals surface area contributed by atoms with Crippen LogP contribution >= 0.6 is 0 Å². The molecule has 15 heavy (non-hydrogen) atoms. The maximum atomic E-state index is 10.5. The molecule has 1 aliphatic rings. The maximum Gasteiger partial charge on any atom is 0.409 e. The summed E-state index contributed by atoms with van der Waals surface area (Å²) >= 11 is 0. The molecule has 1 aliphatic heterocycles. The maximum absolute atomic E-state index is 10.5. The van der Waals surface area contributed by atoms with Crippen LogP contribution < -0.4 is 10.5 Å². The fourth-order valence-corrected chi connectivity index (χ4v) is 1.62. The molecule has 2 N–H and O–H groups in total. The molecule has 0 spiro atoms. The van der Waals surface area contributed by atoms with Crippen LogP contribution in [-0.4, -0.2) is 19.3 Å². The highest BCUT2D eigenvalue weighted by atomic mass is 16.5. The van der Waals surface area contributed by atoms with Crippen LogP contribution in [-0.2, 0) is 10.2 Å². The van der Waals surface area contributed by atoms with E-state index in [2.05, 4.69) is 6.92 Å². The Bertz CT molecular complexity index is 368. The molecule has 0 atom stereocenters. The van der Waals surface area contributed by atoms with E-state index in [9.17, 15) is 4.79 Å². The molecule has 1 fully saturated rings. The zero-order valence-electron chi connectivity index (χ0n) is 8.53. The van der Waals surface area contributed by atoms with E-state index >= 15 is 0 Å². The largest absolute Gasteiger partial charge is 0.411 e. The van der Waals surface area contributed by atoms with Crippen LogP contribution in [0.1, 0.15) is 12.5 Å². The van der Waals surface area contributed by atoms with Crippen LogP contribution in [0.3, 0.4) is 0 Å². The lowest BCUT2D eigenvalue weighted by Gasteiger charge is -2.38. The van der Waals surface area contributed by atoms with Gasteiger partial charge in [0.15, 0.2) is 0 Å². The summed E-state index contributed by atoms with van der Waals surface area (Å²) in [5.41, 5.74) is 6.19. The summed E-state index contributed by atoms with van der Waals surface area (Å²) in [6.07, 6.45) is -0.791. The number of nitrogens with two attached hydrogens (primary N) is 1. The quantitative estimate of drug-likeness (QED) is 0.798. The van der Waals surface area contributed by atoms with Gasteiger partial charge < -0.3 is 15.2 Å². The Morgan fingerprint density at radius 2 is 2.00 bits per heavy atom. The van der Waals surface area contributed by atoms with Crippen molar-refractivity contribution in [3.05, 3.63) is 29.8 Å². The van der Waals surface area contributed by atoms with Crippen LogP contribution in [0.15, 0.2) is 24.3 Å². The number of amides is 1. The second-order valence-corrected chi connectivity index (χ2v) is 4.00. The topological polar surface area (TPSA) is 61.5 Å². The molecule has 4 heteroatoms. The summed E-state index contributed by atoms with van der Waals surface area (Å²) < 4.78 is 9.92. The third-order valence-corrected chi connectivity index (χ3v) is 2.61. The monoisotopic (exact) mass is 207 g/mol. The Balaban J connectivity index is 2.13. The zero-order chi connectivity index (χ0) is 10.9. The Morgan fingerprint density at radius 3 is 2.40 bits per heavy atom. The summed E-state index contributed by atoms with van der Waals surface area (Å²) in [5, 5.41) is 0. The van der Waals surface area contributed by atoms with Crippen LogP contribution in [0.5, 0.6) is 5.75 Å². The Hall–Kier alpha value is -1.55. The number of carbonyl (C=O) groups is 1. The van der Waals surface area contributed by atoms with Crippen molar-refractivity contribution < 1.29 is 14.3 Å². The van der Waals surface area contributed by atoms with Gasteiger partial charge in [0.1, 0.15) is 5.75 Å². The number of primary amides is 1. The highest BCUT2D eigenvalue weighted by Crippen LogP contribution is 2.32. The fraction of sp³-hybridized carbons (Fsp3) is 0.364. The van der Waals surface area contributed by atoms with E-state index in [0.717, 1.165) is 13.2 Å². The van der Waals surface area contributed by atoms with E-state index in [1.807, 2.05) is 12.1 Å². The lowest BCUT2D eigenvalue weighted by Crippen LogP contribution is -2.43. The minimum Gasteiger partial charge on any atom is -0.411 e. The second kappa shape index (κ2) is 3.55. The first kappa shape index (κ1) is 9.98. The lowest BCUT2D eigenvalue weighted by molar-refractivity contribution is -0.0500. The first-order chi connectivity index (χ1) is 7.10. The average Bonchev–Trinajstić information content (AvgIpc) is 2.14. The third-order valence-electron chi connectivity index (χ3n) is 2.61. The average molecular weight is 207 g/mol. The first-order valence-corrected chi connectivity index (χ1v) is 4.76. The molecule has 0 bridgehead atoms. The predicted octanol–water partition coefficient (Wildman–Crippen LogP) is 1.43. The van der Waals surface area contributed by atoms with Gasteiger partial charge in [0.2, 0.25) is 0 Å². The number of hydrogen-bond acceptors (Lipinski definition) is 3. The van der Waals surface area contributed by atoms with Gasteiger partial charge in [-0.3, -0.25) is 0 Å². The van der Waals surface area contributed by atoms with Gasteiger partial charge in [0.25, 0.3) is 0 Å². The third kappa shape index (κ3) is 1.94. The van der Waals surface area contributed by atoms with Crippen molar-refractivity contribution in [2.75, 3.05) is 13.2 Å². The SMILES string of the molecule is CC1(c2ccc(OC(N)=O)cc2)COC1. The van der Waals surface area contributed by atoms with E-state index < -0.39 is 6.09 Å². The van der Waals surface area contributed by atoms with E-state index in [4.69, 9.17) is 15.2 Å². The van der Waals surface area contributed by atoms with Gasteiger partial charge in [-0.05, 0) is 17.7 Å². The molecule has 0 aromatic heterocycles. The molecule has 0 aliphatic carbocycles. The van der Waals surface area contributed by atoms with Crippen molar-refractivity contribution in [2.45, 2.75) is 12.3 Å². The van der Waals surface area contributed by atoms with Crippen LogP contribution in [0.25, 0.3) is 0 Å². The molecular formula is C11H13NO3. The van der Waals surface area contributed by atoms with E-state index in [1.165, 1.54) is 5.56 Å². The van der Waals surface area contributed by atoms with Gasteiger partial charge in [-0.25, -0.2) is 4.79 Å². The summed E-state index contributed by atoms with van der Waals surface area (Å²) in [6, 6.07) is 7.34. The van der Waals surface area contributed by atoms with Crippen LogP contribution in [0.4, 0.5) is 4.79 Å². The number of benzene rings is 1. The predicted molar refractivity (Wildman–Crippen MR) is 54.8 cm³/mol. The zero-order valence-corrected chi connectivity index (χ0v) is 8.53. The van der Waals surface area contributed by atoms with Crippen molar-refractivity contribution in [1.29, 1.82) is 0 Å². The molecular weight excluding hydrogens is 194 g/mol. The Kier molecular flexibility index (Phi) is 2.36. The Morgan fingerprint density at radius 1 is 1.40 bits per heavy atom. The fourth-order valence-electron chi connectivity index (χ4n) is 1.62. The number of ether oxygens (including phenoxy) is 2. The van der Waals surface area contributed by atoms with E-state index in [1.54, 1.807) is 12.1 Å². The number of hydrogen-bond donors (Lipinski definition) is 1. The van der Waals surface area contributed by atoms with E-state index in [-0.39, 0.29) is 5.41 Å². The molecule has 1 saturated heterocycles. The first-order valence-electron chi connectivity index (χ1n) is 4.76. The van der Waals surface area contributed by atoms with Gasteiger partial charge in [0, 0.05) is 5.41 Å². The van der Waals surface area contributed by atoms with Gasteiger partial charge in [0.05, 0.1) is 13.2 Å². The van der Waals surface area contributed by atoms with Gasteiger partial charge >= 0.3 is 6.09 Å². The van der Waals surface area contributed by atoms with Crippen LogP contribution in [0.2, 0.25) is 0 Å². The summed E-state index contributed by atoms with van der Waals surface area (Å²) in [7, 11) is 0. The van der Waals surface area contributed by atoms with Gasteiger partial charge in [-0.2, -0.15) is 0 Å². The van der Waals surface area contributed by atoms with Crippen LogP contribution in [0, 0.1) is 0 Å². The Labute approximate surface area is 88.0 Å². The van der Waals surface area contributed by atoms with Gasteiger partial charge in [-0.1, -0.05) is 19.1 Å². The molecule has 2 rings (SSSR count). The van der Waals surface area contributed by atoms with E-state index in [0.29, 0.717) is 5.75 Å². The minimum atomic E-state index is -0.791. The molecule has 0 unspecified atom stereocenters. The molecule has 0 radical (unpaired) electrons. The summed E-state index contributed by atoms with van der Waals surface area (Å²) in [4.78, 5) is 10.5. The second-order valence-electron chi connectivity index (χ2n) is 4.00. The molecule has 4 nitrogen and oxygen atoms in total. The summed E-state index contributed by atoms with van der Waals surface area (Å²) in [6.45, 7) is 3.62. The molecule has 1 aromatic carbocycles. The molecule has 1 aromatic rings. The summed E-state index contributed by atoms with van der Waals surface area (Å²) in [5.74, 6) is 0.468. The van der Waals surface area contributed by atoms with Crippen molar-refractivity contribution >= 4 is 6.09 Å². The molecule has 0 saturated carbocycles. The molecule has 1 heterocycles. The smallest absolute Gasteiger partial charge is 0.409 e. The molecule has 1 amide bonds. The van der Waals surface area contributed by atoms with Gasteiger partial charge in [-0.15, -0.1) is 0 Å². The van der Waals surface area contributed by atoms with Crippen molar-refractivity contribution in [3.63, 3.8) is 0 Å². The highest BCUT2D eigenvalue weighted by molar-refractivity contribution is 5.68. The minimum absolute atomic E-state index is 0.102. The normalized spacial score (nSPS) is 17.9. The van der Waals surface area contributed by atoms with Crippen molar-refractivity contribution in [1.82, 2.24) is 0 Å². The number of carbonyl (C=O) groups excluding carboxylic acids is 1. The standard InChI is InChI=1S/C11H13NO3/c1-11(6-14-7-11)8-2-4-9(5-3-8)15-10(12)13/h2-5H,6-7H2,1H3,(H2,12,13). The highest BCUT2D eigenvalue weighted by Gasteiger charge is 2.34. The van der Waals surface area contributed by atoms with Crippen molar-refractivity contribution in [2.24, 2.45) is 5.73 Å². The number of rotatable bonds is 2. The molecule has 80 valence electrons.